The highest BCUT2D eigenvalue weighted by atomic mass is 35.5. The number of rotatable bonds is 12. The number of hydrogen-bond acceptors (Lipinski definition) is 3. The second-order valence-corrected chi connectivity index (χ2v) is 9.11. The third-order valence-corrected chi connectivity index (χ3v) is 6.15. The summed E-state index contributed by atoms with van der Waals surface area (Å²) in [6, 6.07) is 12.4. The second kappa shape index (κ2) is 13.5. The highest BCUT2D eigenvalue weighted by Gasteiger charge is 2.29. The topological polar surface area (TPSA) is 58.6 Å². The van der Waals surface area contributed by atoms with Crippen molar-refractivity contribution in [3.63, 3.8) is 0 Å². The molecule has 0 heterocycles. The number of ether oxygens (including phenoxy) is 1. The quantitative estimate of drug-likeness (QED) is 0.359. The predicted octanol–water partition coefficient (Wildman–Crippen LogP) is 6.18. The lowest BCUT2D eigenvalue weighted by Gasteiger charge is -2.32. The summed E-state index contributed by atoms with van der Waals surface area (Å²) in [5, 5.41) is 4.00. The van der Waals surface area contributed by atoms with Gasteiger partial charge in [0.2, 0.25) is 11.8 Å². The van der Waals surface area contributed by atoms with Crippen molar-refractivity contribution in [2.75, 3.05) is 6.61 Å². The molecule has 0 aliphatic rings. The second-order valence-electron chi connectivity index (χ2n) is 8.26. The molecule has 7 heteroatoms. The number of hydrogen-bond donors (Lipinski definition) is 1. The van der Waals surface area contributed by atoms with E-state index in [4.69, 9.17) is 27.9 Å². The third kappa shape index (κ3) is 8.56. The minimum Gasteiger partial charge on any atom is -0.494 e. The van der Waals surface area contributed by atoms with E-state index in [0.717, 1.165) is 23.3 Å². The predicted molar refractivity (Wildman–Crippen MR) is 135 cm³/mol. The van der Waals surface area contributed by atoms with Gasteiger partial charge < -0.3 is 15.0 Å². The summed E-state index contributed by atoms with van der Waals surface area (Å²) in [5.41, 5.74) is 1.91. The zero-order valence-electron chi connectivity index (χ0n) is 19.9. The monoisotopic (exact) mass is 492 g/mol. The standard InChI is InChI=1S/C26H34Cl2N2O3/c1-5-19(4)29-26(32)24(6-2)30(17-20-11-12-21(27)16-23(20)28)25(31)8-7-15-33-22-13-9-18(3)10-14-22/h9-14,16,19,24H,5-8,15,17H2,1-4H3,(H,29,32)/t19-,24+/m1/s1. The molecule has 0 aliphatic heterocycles. The van der Waals surface area contributed by atoms with Crippen LogP contribution in [0.3, 0.4) is 0 Å². The maximum Gasteiger partial charge on any atom is 0.243 e. The van der Waals surface area contributed by atoms with Crippen molar-refractivity contribution in [3.05, 3.63) is 63.6 Å². The molecule has 2 atom stereocenters. The number of nitrogens with zero attached hydrogens (tertiary/aromatic N) is 1. The minimum atomic E-state index is -0.587. The molecule has 0 spiro atoms. The first-order valence-corrected chi connectivity index (χ1v) is 12.2. The smallest absolute Gasteiger partial charge is 0.243 e. The molecule has 0 aromatic heterocycles. The van der Waals surface area contributed by atoms with E-state index in [2.05, 4.69) is 5.32 Å². The average molecular weight is 493 g/mol. The van der Waals surface area contributed by atoms with Crippen LogP contribution in [0.5, 0.6) is 5.75 Å². The van der Waals surface area contributed by atoms with Crippen LogP contribution in [0.1, 0.15) is 57.6 Å². The first kappa shape index (κ1) is 27.0. The molecule has 0 radical (unpaired) electrons. The van der Waals surface area contributed by atoms with Crippen LogP contribution in [0.2, 0.25) is 10.0 Å². The lowest BCUT2D eigenvalue weighted by atomic mass is 10.1. The summed E-state index contributed by atoms with van der Waals surface area (Å²) in [7, 11) is 0. The third-order valence-electron chi connectivity index (χ3n) is 5.57. The van der Waals surface area contributed by atoms with E-state index in [1.54, 1.807) is 23.1 Å². The first-order valence-electron chi connectivity index (χ1n) is 11.5. The van der Waals surface area contributed by atoms with Gasteiger partial charge in [-0.3, -0.25) is 9.59 Å². The Kier molecular flexibility index (Phi) is 11.0. The fourth-order valence-electron chi connectivity index (χ4n) is 3.39. The number of nitrogens with one attached hydrogen (secondary N) is 1. The molecule has 0 aliphatic carbocycles. The molecule has 33 heavy (non-hydrogen) atoms. The Bertz CT molecular complexity index is 918. The van der Waals surface area contributed by atoms with Crippen LogP contribution in [0, 0.1) is 6.92 Å². The van der Waals surface area contributed by atoms with Crippen LogP contribution in [0.4, 0.5) is 0 Å². The van der Waals surface area contributed by atoms with Crippen LogP contribution in [-0.2, 0) is 16.1 Å². The number of carbonyl (C=O) groups excluding carboxylic acids is 2. The summed E-state index contributed by atoms with van der Waals surface area (Å²) in [6.45, 7) is 8.54. The summed E-state index contributed by atoms with van der Waals surface area (Å²) in [6.07, 6.45) is 2.12. The number of halogens is 2. The molecule has 0 fully saturated rings. The van der Waals surface area contributed by atoms with Gasteiger partial charge in [0, 0.05) is 29.1 Å². The Labute approximate surface area is 207 Å². The van der Waals surface area contributed by atoms with E-state index in [1.165, 1.54) is 0 Å². The van der Waals surface area contributed by atoms with Gasteiger partial charge in [0.15, 0.2) is 0 Å². The molecule has 5 nitrogen and oxygen atoms in total. The van der Waals surface area contributed by atoms with Crippen LogP contribution in [-0.4, -0.2) is 35.4 Å². The van der Waals surface area contributed by atoms with E-state index in [1.807, 2.05) is 52.0 Å². The maximum atomic E-state index is 13.3. The van der Waals surface area contributed by atoms with E-state index < -0.39 is 6.04 Å². The lowest BCUT2D eigenvalue weighted by Crippen LogP contribution is -2.50. The van der Waals surface area contributed by atoms with Gasteiger partial charge in [-0.15, -0.1) is 0 Å². The van der Waals surface area contributed by atoms with E-state index >= 15 is 0 Å². The van der Waals surface area contributed by atoms with Crippen molar-refractivity contribution in [2.45, 2.75) is 72.0 Å². The van der Waals surface area contributed by atoms with Crippen LogP contribution < -0.4 is 10.1 Å². The van der Waals surface area contributed by atoms with E-state index in [0.29, 0.717) is 29.5 Å². The lowest BCUT2D eigenvalue weighted by molar-refractivity contribution is -0.141. The van der Waals surface area contributed by atoms with Crippen LogP contribution >= 0.6 is 23.2 Å². The molecular formula is C26H34Cl2N2O3. The van der Waals surface area contributed by atoms with E-state index in [-0.39, 0.29) is 30.8 Å². The van der Waals surface area contributed by atoms with Gasteiger partial charge in [-0.25, -0.2) is 0 Å². The van der Waals surface area contributed by atoms with Crippen molar-refractivity contribution in [2.24, 2.45) is 0 Å². The minimum absolute atomic E-state index is 0.0329. The number of amides is 2. The Morgan fingerprint density at radius 3 is 2.36 bits per heavy atom. The summed E-state index contributed by atoms with van der Waals surface area (Å²) < 4.78 is 5.76. The van der Waals surface area contributed by atoms with Gasteiger partial charge >= 0.3 is 0 Å². The average Bonchev–Trinajstić information content (AvgIpc) is 2.78. The highest BCUT2D eigenvalue weighted by molar-refractivity contribution is 6.35. The zero-order valence-corrected chi connectivity index (χ0v) is 21.4. The Morgan fingerprint density at radius 2 is 1.76 bits per heavy atom. The van der Waals surface area contributed by atoms with Gasteiger partial charge in [0.25, 0.3) is 0 Å². The maximum absolute atomic E-state index is 13.3. The van der Waals surface area contributed by atoms with Gasteiger partial charge in [-0.1, -0.05) is 60.8 Å². The fraction of sp³-hybridized carbons (Fsp3) is 0.462. The van der Waals surface area contributed by atoms with Crippen molar-refractivity contribution >= 4 is 35.0 Å². The molecule has 2 rings (SSSR count). The first-order chi connectivity index (χ1) is 15.7. The van der Waals surface area contributed by atoms with Crippen molar-refractivity contribution < 1.29 is 14.3 Å². The Hall–Kier alpha value is -2.24. The summed E-state index contributed by atoms with van der Waals surface area (Å²) in [4.78, 5) is 27.9. The normalized spacial score (nSPS) is 12.7. The molecule has 1 N–H and O–H groups in total. The molecule has 0 bridgehead atoms. The van der Waals surface area contributed by atoms with Gasteiger partial charge in [0.1, 0.15) is 11.8 Å². The van der Waals surface area contributed by atoms with Crippen LogP contribution in [0.25, 0.3) is 0 Å². The van der Waals surface area contributed by atoms with Gasteiger partial charge in [-0.2, -0.15) is 0 Å². The SMILES string of the molecule is CC[C@@H](C)NC(=O)[C@H](CC)N(Cc1ccc(Cl)cc1Cl)C(=O)CCCOc1ccc(C)cc1. The molecular weight excluding hydrogens is 459 g/mol. The number of carbonyl (C=O) groups is 2. The molecule has 2 aromatic rings. The molecule has 0 saturated carbocycles. The highest BCUT2D eigenvalue weighted by Crippen LogP contribution is 2.24. The van der Waals surface area contributed by atoms with E-state index in [9.17, 15) is 9.59 Å². The number of aryl methyl sites for hydroxylation is 1. The van der Waals surface area contributed by atoms with Crippen molar-refractivity contribution in [1.29, 1.82) is 0 Å². The largest absolute Gasteiger partial charge is 0.494 e. The molecule has 2 aromatic carbocycles. The van der Waals surface area contributed by atoms with Gasteiger partial charge in [-0.05, 0) is 62.9 Å². The summed E-state index contributed by atoms with van der Waals surface area (Å²) in [5.74, 6) is 0.512. The van der Waals surface area contributed by atoms with Crippen LogP contribution in [0.15, 0.2) is 42.5 Å². The Balaban J connectivity index is 2.10. The molecule has 0 saturated heterocycles. The zero-order chi connectivity index (χ0) is 24.4. The van der Waals surface area contributed by atoms with Gasteiger partial charge in [0.05, 0.1) is 6.61 Å². The van der Waals surface area contributed by atoms with Crippen molar-refractivity contribution in [3.8, 4) is 5.75 Å². The van der Waals surface area contributed by atoms with Crippen molar-refractivity contribution in [1.82, 2.24) is 10.2 Å². The fourth-order valence-corrected chi connectivity index (χ4v) is 3.85. The molecule has 180 valence electrons. The Morgan fingerprint density at radius 1 is 1.06 bits per heavy atom. The molecule has 2 amide bonds. The number of benzene rings is 2. The summed E-state index contributed by atoms with van der Waals surface area (Å²) >= 11 is 12.4. The molecule has 0 unspecified atom stereocenters.